The van der Waals surface area contributed by atoms with Gasteiger partial charge in [0.05, 0.1) is 5.69 Å². The molecule has 1 N–H and O–H groups in total. The van der Waals surface area contributed by atoms with Gasteiger partial charge in [0.1, 0.15) is 13.2 Å². The molecule has 0 bridgehead atoms. The zero-order valence-electron chi connectivity index (χ0n) is 14.0. The van der Waals surface area contributed by atoms with E-state index in [9.17, 15) is 0 Å². The molecule has 0 saturated carbocycles. The van der Waals surface area contributed by atoms with Crippen LogP contribution in [0.3, 0.4) is 0 Å². The number of nitrogens with one attached hydrogen (secondary N) is 1. The molecule has 23 heavy (non-hydrogen) atoms. The van der Waals surface area contributed by atoms with Crippen LogP contribution in [-0.2, 0) is 6.54 Å². The molecule has 4 heteroatoms. The lowest BCUT2D eigenvalue weighted by Gasteiger charge is -2.25. The van der Waals surface area contributed by atoms with Crippen LogP contribution in [0.1, 0.15) is 36.7 Å². The standard InChI is InChI=1S/C19H24N2O2/c1-13(2)19(21-12-16-6-4-14(3)11-20-16)15-5-7-17-18(10-15)23-9-8-22-17/h4-7,10-11,13,19,21H,8-9,12H2,1-3H3/t19-/m1/s1. The average Bonchev–Trinajstić information content (AvgIpc) is 2.56. The van der Waals surface area contributed by atoms with Gasteiger partial charge in [0.15, 0.2) is 11.5 Å². The number of benzene rings is 1. The van der Waals surface area contributed by atoms with E-state index < -0.39 is 0 Å². The number of fused-ring (bicyclic) bond motifs is 1. The average molecular weight is 312 g/mol. The summed E-state index contributed by atoms with van der Waals surface area (Å²) in [5.41, 5.74) is 3.45. The molecule has 2 heterocycles. The molecule has 1 aromatic carbocycles. The second-order valence-electron chi connectivity index (χ2n) is 6.33. The normalized spacial score (nSPS) is 14.8. The molecule has 0 amide bonds. The highest BCUT2D eigenvalue weighted by molar-refractivity contribution is 5.44. The summed E-state index contributed by atoms with van der Waals surface area (Å²) < 4.78 is 11.3. The molecule has 0 spiro atoms. The van der Waals surface area contributed by atoms with Crippen LogP contribution in [0.2, 0.25) is 0 Å². The van der Waals surface area contributed by atoms with Crippen LogP contribution in [0, 0.1) is 12.8 Å². The molecule has 0 unspecified atom stereocenters. The molecule has 1 atom stereocenters. The van der Waals surface area contributed by atoms with Gasteiger partial charge >= 0.3 is 0 Å². The van der Waals surface area contributed by atoms with Gasteiger partial charge in [-0.05, 0) is 42.2 Å². The number of hydrogen-bond donors (Lipinski definition) is 1. The van der Waals surface area contributed by atoms with E-state index in [1.807, 2.05) is 12.3 Å². The van der Waals surface area contributed by atoms with Crippen LogP contribution in [0.4, 0.5) is 0 Å². The number of hydrogen-bond acceptors (Lipinski definition) is 4. The molecule has 3 rings (SSSR count). The van der Waals surface area contributed by atoms with Gasteiger partial charge < -0.3 is 14.8 Å². The van der Waals surface area contributed by atoms with E-state index in [-0.39, 0.29) is 6.04 Å². The van der Waals surface area contributed by atoms with E-state index in [2.05, 4.69) is 55.3 Å². The summed E-state index contributed by atoms with van der Waals surface area (Å²) in [6.07, 6.45) is 1.91. The molecule has 1 aliphatic rings. The van der Waals surface area contributed by atoms with Crippen molar-refractivity contribution in [3.63, 3.8) is 0 Å². The van der Waals surface area contributed by atoms with E-state index >= 15 is 0 Å². The Balaban J connectivity index is 1.74. The third-order valence-corrected chi connectivity index (χ3v) is 4.07. The van der Waals surface area contributed by atoms with Crippen molar-refractivity contribution in [3.05, 3.63) is 53.3 Å². The Kier molecular flexibility index (Phi) is 4.82. The highest BCUT2D eigenvalue weighted by Crippen LogP contribution is 2.34. The van der Waals surface area contributed by atoms with Crippen molar-refractivity contribution in [1.29, 1.82) is 0 Å². The van der Waals surface area contributed by atoms with Crippen molar-refractivity contribution in [1.82, 2.24) is 10.3 Å². The Bertz CT molecular complexity index is 653. The van der Waals surface area contributed by atoms with E-state index in [1.165, 1.54) is 11.1 Å². The summed E-state index contributed by atoms with van der Waals surface area (Å²) in [6.45, 7) is 8.47. The molecule has 0 saturated heterocycles. The van der Waals surface area contributed by atoms with Crippen LogP contribution in [0.25, 0.3) is 0 Å². The van der Waals surface area contributed by atoms with E-state index in [0.717, 1.165) is 23.7 Å². The largest absolute Gasteiger partial charge is 0.486 e. The first-order valence-corrected chi connectivity index (χ1v) is 8.18. The molecule has 2 aromatic rings. The topological polar surface area (TPSA) is 43.4 Å². The zero-order chi connectivity index (χ0) is 16.2. The molecular weight excluding hydrogens is 288 g/mol. The fourth-order valence-electron chi connectivity index (χ4n) is 2.81. The maximum Gasteiger partial charge on any atom is 0.161 e. The number of pyridine rings is 1. The lowest BCUT2D eigenvalue weighted by atomic mass is 9.95. The third kappa shape index (κ3) is 3.82. The number of ether oxygens (including phenoxy) is 2. The number of aryl methyl sites for hydroxylation is 1. The van der Waals surface area contributed by atoms with Crippen molar-refractivity contribution in [2.24, 2.45) is 5.92 Å². The number of nitrogens with zero attached hydrogens (tertiary/aromatic N) is 1. The van der Waals surface area contributed by atoms with Gasteiger partial charge in [-0.25, -0.2) is 0 Å². The molecule has 1 aliphatic heterocycles. The summed E-state index contributed by atoms with van der Waals surface area (Å²) in [6, 6.07) is 10.6. The SMILES string of the molecule is Cc1ccc(CN[C@@H](c2ccc3c(c2)OCCO3)C(C)C)nc1. The summed E-state index contributed by atoms with van der Waals surface area (Å²) in [4.78, 5) is 4.47. The Labute approximate surface area is 137 Å². The first-order chi connectivity index (χ1) is 11.1. The predicted octanol–water partition coefficient (Wildman–Crippen LogP) is 3.65. The van der Waals surface area contributed by atoms with Gasteiger partial charge in [-0.2, -0.15) is 0 Å². The van der Waals surface area contributed by atoms with Crippen LogP contribution < -0.4 is 14.8 Å². The number of aromatic nitrogens is 1. The Morgan fingerprint density at radius 3 is 2.57 bits per heavy atom. The van der Waals surface area contributed by atoms with Gasteiger partial charge in [-0.15, -0.1) is 0 Å². The molecule has 4 nitrogen and oxygen atoms in total. The minimum absolute atomic E-state index is 0.244. The monoisotopic (exact) mass is 312 g/mol. The number of rotatable bonds is 5. The van der Waals surface area contributed by atoms with Crippen LogP contribution >= 0.6 is 0 Å². The van der Waals surface area contributed by atoms with Crippen LogP contribution in [0.15, 0.2) is 36.5 Å². The van der Waals surface area contributed by atoms with Crippen LogP contribution in [-0.4, -0.2) is 18.2 Å². The van der Waals surface area contributed by atoms with E-state index in [1.54, 1.807) is 0 Å². The summed E-state index contributed by atoms with van der Waals surface area (Å²) in [5, 5.41) is 3.62. The van der Waals surface area contributed by atoms with Gasteiger partial charge in [0.2, 0.25) is 0 Å². The maximum atomic E-state index is 5.70. The van der Waals surface area contributed by atoms with Crippen LogP contribution in [0.5, 0.6) is 11.5 Å². The minimum atomic E-state index is 0.244. The predicted molar refractivity (Wildman–Crippen MR) is 90.8 cm³/mol. The minimum Gasteiger partial charge on any atom is -0.486 e. The molecule has 0 radical (unpaired) electrons. The quantitative estimate of drug-likeness (QED) is 0.915. The summed E-state index contributed by atoms with van der Waals surface area (Å²) in [5.74, 6) is 2.14. The molecule has 122 valence electrons. The lowest BCUT2D eigenvalue weighted by molar-refractivity contribution is 0.171. The fraction of sp³-hybridized carbons (Fsp3) is 0.421. The second-order valence-corrected chi connectivity index (χ2v) is 6.33. The second kappa shape index (κ2) is 7.01. The highest BCUT2D eigenvalue weighted by Gasteiger charge is 2.19. The van der Waals surface area contributed by atoms with Gasteiger partial charge in [0.25, 0.3) is 0 Å². The smallest absolute Gasteiger partial charge is 0.161 e. The first-order valence-electron chi connectivity index (χ1n) is 8.18. The van der Waals surface area contributed by atoms with Gasteiger partial charge in [0, 0.05) is 18.8 Å². The van der Waals surface area contributed by atoms with E-state index in [0.29, 0.717) is 19.1 Å². The Hall–Kier alpha value is -2.07. The van der Waals surface area contributed by atoms with Crippen molar-refractivity contribution >= 4 is 0 Å². The lowest BCUT2D eigenvalue weighted by Crippen LogP contribution is -2.26. The van der Waals surface area contributed by atoms with Crippen molar-refractivity contribution in [3.8, 4) is 11.5 Å². The molecular formula is C19H24N2O2. The van der Waals surface area contributed by atoms with Crippen molar-refractivity contribution < 1.29 is 9.47 Å². The molecule has 1 aromatic heterocycles. The zero-order valence-corrected chi connectivity index (χ0v) is 14.0. The maximum absolute atomic E-state index is 5.70. The molecule has 0 fully saturated rings. The van der Waals surface area contributed by atoms with Gasteiger partial charge in [-0.3, -0.25) is 4.98 Å². The Morgan fingerprint density at radius 1 is 1.09 bits per heavy atom. The Morgan fingerprint density at radius 2 is 1.87 bits per heavy atom. The highest BCUT2D eigenvalue weighted by atomic mass is 16.6. The van der Waals surface area contributed by atoms with Gasteiger partial charge in [-0.1, -0.05) is 26.0 Å². The fourth-order valence-corrected chi connectivity index (χ4v) is 2.81. The summed E-state index contributed by atoms with van der Waals surface area (Å²) in [7, 11) is 0. The molecule has 0 aliphatic carbocycles. The first kappa shape index (κ1) is 15.8. The third-order valence-electron chi connectivity index (χ3n) is 4.07. The van der Waals surface area contributed by atoms with Crippen molar-refractivity contribution in [2.75, 3.05) is 13.2 Å². The summed E-state index contributed by atoms with van der Waals surface area (Å²) >= 11 is 0. The van der Waals surface area contributed by atoms with E-state index in [4.69, 9.17) is 9.47 Å². The van der Waals surface area contributed by atoms with Crippen molar-refractivity contribution in [2.45, 2.75) is 33.4 Å².